The summed E-state index contributed by atoms with van der Waals surface area (Å²) < 4.78 is 23.9. The number of aryl methyl sites for hydroxylation is 2. The number of nitrogens with zero attached hydrogens (tertiary/aromatic N) is 3. The molecule has 3 heterocycles. The third kappa shape index (κ3) is 3.44. The number of carbonyl (C=O) groups is 1. The molecule has 1 amide bonds. The zero-order valence-corrected chi connectivity index (χ0v) is 15.9. The van der Waals surface area contributed by atoms with Crippen LogP contribution in [0.25, 0.3) is 11.3 Å². The molecule has 6 nitrogen and oxygen atoms in total. The highest BCUT2D eigenvalue weighted by Gasteiger charge is 2.32. The molecule has 1 saturated heterocycles. The molecule has 2 aromatic heterocycles. The van der Waals surface area contributed by atoms with Gasteiger partial charge in [-0.3, -0.25) is 4.79 Å². The topological polar surface area (TPSA) is 72.4 Å². The molecule has 0 unspecified atom stereocenters. The molecule has 1 atom stereocenters. The standard InChI is InChI=1S/C21H22FN3O3/c1-13-20(14(2)27-23-13)21(26)25-11-5-3-4-6-18(25)17-12-19(28-24-17)15-7-9-16(22)10-8-15/h7-10,12,18H,3-6,11H2,1-2H3/t18-/m1/s1. The van der Waals surface area contributed by atoms with Crippen LogP contribution >= 0.6 is 0 Å². The maximum absolute atomic E-state index is 13.3. The van der Waals surface area contributed by atoms with Crippen LogP contribution < -0.4 is 0 Å². The van der Waals surface area contributed by atoms with Gasteiger partial charge in [0.1, 0.15) is 22.8 Å². The van der Waals surface area contributed by atoms with Crippen molar-refractivity contribution in [2.45, 2.75) is 45.6 Å². The molecule has 3 aromatic rings. The molecular formula is C21H22FN3O3. The van der Waals surface area contributed by atoms with Gasteiger partial charge in [-0.25, -0.2) is 4.39 Å². The van der Waals surface area contributed by atoms with Gasteiger partial charge in [0, 0.05) is 18.2 Å². The zero-order chi connectivity index (χ0) is 19.7. The highest BCUT2D eigenvalue weighted by molar-refractivity contribution is 5.96. The zero-order valence-electron chi connectivity index (χ0n) is 15.9. The van der Waals surface area contributed by atoms with E-state index in [1.165, 1.54) is 12.1 Å². The van der Waals surface area contributed by atoms with Crippen molar-refractivity contribution < 1.29 is 18.2 Å². The van der Waals surface area contributed by atoms with Gasteiger partial charge in [-0.05, 0) is 51.0 Å². The van der Waals surface area contributed by atoms with E-state index < -0.39 is 0 Å². The predicted molar refractivity (Wildman–Crippen MR) is 100 cm³/mol. The predicted octanol–water partition coefficient (Wildman–Crippen LogP) is 4.84. The molecular weight excluding hydrogens is 361 g/mol. The smallest absolute Gasteiger partial charge is 0.259 e. The first-order chi connectivity index (χ1) is 13.5. The molecule has 7 heteroatoms. The first-order valence-electron chi connectivity index (χ1n) is 9.51. The van der Waals surface area contributed by atoms with Crippen molar-refractivity contribution in [3.05, 3.63) is 58.9 Å². The van der Waals surface area contributed by atoms with Gasteiger partial charge in [0.2, 0.25) is 0 Å². The van der Waals surface area contributed by atoms with Gasteiger partial charge in [-0.15, -0.1) is 0 Å². The number of hydrogen-bond donors (Lipinski definition) is 0. The summed E-state index contributed by atoms with van der Waals surface area (Å²) >= 11 is 0. The van der Waals surface area contributed by atoms with E-state index in [9.17, 15) is 9.18 Å². The Morgan fingerprint density at radius 2 is 1.89 bits per heavy atom. The SMILES string of the molecule is Cc1noc(C)c1C(=O)N1CCCCC[C@@H]1c1cc(-c2ccc(F)cc2)on1. The Balaban J connectivity index is 1.66. The Morgan fingerprint density at radius 3 is 2.61 bits per heavy atom. The number of likely N-dealkylation sites (tertiary alicyclic amines) is 1. The van der Waals surface area contributed by atoms with Crippen LogP contribution in [0.3, 0.4) is 0 Å². The number of rotatable bonds is 3. The van der Waals surface area contributed by atoms with Crippen molar-refractivity contribution in [1.82, 2.24) is 15.2 Å². The monoisotopic (exact) mass is 383 g/mol. The number of aromatic nitrogens is 2. The summed E-state index contributed by atoms with van der Waals surface area (Å²) in [4.78, 5) is 15.1. The first-order valence-corrected chi connectivity index (χ1v) is 9.51. The lowest BCUT2D eigenvalue weighted by molar-refractivity contribution is 0.0671. The van der Waals surface area contributed by atoms with Gasteiger partial charge in [-0.2, -0.15) is 0 Å². The summed E-state index contributed by atoms with van der Waals surface area (Å²) in [6.07, 6.45) is 3.82. The summed E-state index contributed by atoms with van der Waals surface area (Å²) in [6.45, 7) is 4.18. The summed E-state index contributed by atoms with van der Waals surface area (Å²) in [7, 11) is 0. The molecule has 0 radical (unpaired) electrons. The van der Waals surface area contributed by atoms with Crippen molar-refractivity contribution in [3.63, 3.8) is 0 Å². The summed E-state index contributed by atoms with van der Waals surface area (Å²) in [5, 5.41) is 8.15. The Morgan fingerprint density at radius 1 is 1.11 bits per heavy atom. The normalized spacial score (nSPS) is 17.5. The van der Waals surface area contributed by atoms with E-state index >= 15 is 0 Å². The lowest BCUT2D eigenvalue weighted by atomic mass is 10.0. The van der Waals surface area contributed by atoms with Crippen LogP contribution in [0.1, 0.15) is 59.2 Å². The van der Waals surface area contributed by atoms with Gasteiger partial charge in [-0.1, -0.05) is 23.2 Å². The van der Waals surface area contributed by atoms with E-state index in [1.54, 1.807) is 26.0 Å². The lowest BCUT2D eigenvalue weighted by Crippen LogP contribution is -2.35. The molecule has 1 aromatic carbocycles. The maximum atomic E-state index is 13.3. The largest absolute Gasteiger partial charge is 0.361 e. The van der Waals surface area contributed by atoms with Gasteiger partial charge in [0.05, 0.1) is 11.7 Å². The molecule has 28 heavy (non-hydrogen) atoms. The third-order valence-corrected chi connectivity index (χ3v) is 5.26. The van der Waals surface area contributed by atoms with E-state index in [1.807, 2.05) is 11.0 Å². The number of hydrogen-bond acceptors (Lipinski definition) is 5. The molecule has 1 aliphatic rings. The number of carbonyl (C=O) groups excluding carboxylic acids is 1. The average Bonchev–Trinajstić information content (AvgIpc) is 3.21. The van der Waals surface area contributed by atoms with Gasteiger partial charge in [0.15, 0.2) is 5.76 Å². The fraction of sp³-hybridized carbons (Fsp3) is 0.381. The van der Waals surface area contributed by atoms with Crippen LogP contribution in [0.5, 0.6) is 0 Å². The van der Waals surface area contributed by atoms with Crippen molar-refractivity contribution >= 4 is 5.91 Å². The van der Waals surface area contributed by atoms with Crippen LogP contribution in [0.4, 0.5) is 4.39 Å². The molecule has 0 spiro atoms. The van der Waals surface area contributed by atoms with Crippen LogP contribution in [0, 0.1) is 19.7 Å². The molecule has 4 rings (SSSR count). The number of amides is 1. The molecule has 146 valence electrons. The molecule has 1 fully saturated rings. The average molecular weight is 383 g/mol. The maximum Gasteiger partial charge on any atom is 0.259 e. The number of benzene rings is 1. The Bertz CT molecular complexity index is 958. The van der Waals surface area contributed by atoms with Crippen molar-refractivity contribution in [1.29, 1.82) is 0 Å². The second kappa shape index (κ2) is 7.58. The van der Waals surface area contributed by atoms with Crippen LogP contribution in [0.15, 0.2) is 39.4 Å². The minimum absolute atomic E-state index is 0.0884. The van der Waals surface area contributed by atoms with E-state index in [0.29, 0.717) is 35.0 Å². The van der Waals surface area contributed by atoms with Gasteiger partial charge >= 0.3 is 0 Å². The highest BCUT2D eigenvalue weighted by Crippen LogP contribution is 2.34. The van der Waals surface area contributed by atoms with Crippen LogP contribution in [0.2, 0.25) is 0 Å². The van der Waals surface area contributed by atoms with Crippen molar-refractivity contribution in [3.8, 4) is 11.3 Å². The van der Waals surface area contributed by atoms with Crippen LogP contribution in [-0.2, 0) is 0 Å². The fourth-order valence-corrected chi connectivity index (χ4v) is 3.79. The third-order valence-electron chi connectivity index (χ3n) is 5.26. The quantitative estimate of drug-likeness (QED) is 0.647. The molecule has 0 saturated carbocycles. The summed E-state index contributed by atoms with van der Waals surface area (Å²) in [6, 6.07) is 7.74. The molecule has 0 N–H and O–H groups in total. The summed E-state index contributed by atoms with van der Waals surface area (Å²) in [5.74, 6) is 0.694. The number of halogens is 1. The molecule has 0 aliphatic carbocycles. The Kier molecular flexibility index (Phi) is 4.98. The minimum Gasteiger partial charge on any atom is -0.361 e. The van der Waals surface area contributed by atoms with Gasteiger partial charge < -0.3 is 13.9 Å². The highest BCUT2D eigenvalue weighted by atomic mass is 19.1. The molecule has 1 aliphatic heterocycles. The minimum atomic E-state index is -0.302. The second-order valence-electron chi connectivity index (χ2n) is 7.19. The van der Waals surface area contributed by atoms with Gasteiger partial charge in [0.25, 0.3) is 5.91 Å². The van der Waals surface area contributed by atoms with Crippen molar-refractivity contribution in [2.75, 3.05) is 6.54 Å². The van der Waals surface area contributed by atoms with E-state index in [4.69, 9.17) is 9.05 Å². The fourth-order valence-electron chi connectivity index (χ4n) is 3.79. The van der Waals surface area contributed by atoms with E-state index in [2.05, 4.69) is 10.3 Å². The Hall–Kier alpha value is -2.96. The lowest BCUT2D eigenvalue weighted by Gasteiger charge is -2.28. The van der Waals surface area contributed by atoms with E-state index in [0.717, 1.165) is 31.2 Å². The van der Waals surface area contributed by atoms with E-state index in [-0.39, 0.29) is 17.8 Å². The van der Waals surface area contributed by atoms with Crippen molar-refractivity contribution in [2.24, 2.45) is 0 Å². The molecule has 0 bridgehead atoms. The Labute approximate surface area is 162 Å². The van der Waals surface area contributed by atoms with Crippen LogP contribution in [-0.4, -0.2) is 27.7 Å². The summed E-state index contributed by atoms with van der Waals surface area (Å²) in [5.41, 5.74) is 2.57. The first kappa shape index (κ1) is 18.4. The second-order valence-corrected chi connectivity index (χ2v) is 7.19.